The number of likely N-dealkylation sites (N-methyl/N-ethyl adjacent to an activating group) is 1. The molecule has 0 saturated heterocycles. The van der Waals surface area contributed by atoms with Gasteiger partial charge in [-0.1, -0.05) is 0 Å². The number of rotatable bonds is 6. The first-order chi connectivity index (χ1) is 9.25. The third-order valence-corrected chi connectivity index (χ3v) is 5.39. The van der Waals surface area contributed by atoms with Crippen LogP contribution in [0.4, 0.5) is 4.39 Å². The maximum absolute atomic E-state index is 13.7. The molecule has 114 valence electrons. The second kappa shape index (κ2) is 6.85. The molecule has 1 unspecified atom stereocenters. The fourth-order valence-corrected chi connectivity index (χ4v) is 3.48. The lowest BCUT2D eigenvalue weighted by Gasteiger charge is -2.24. The van der Waals surface area contributed by atoms with Crippen LogP contribution in [0.25, 0.3) is 0 Å². The van der Waals surface area contributed by atoms with Crippen molar-refractivity contribution in [1.29, 1.82) is 0 Å². The Morgan fingerprint density at radius 3 is 2.55 bits per heavy atom. The number of alkyl halides is 1. The van der Waals surface area contributed by atoms with E-state index in [1.165, 1.54) is 37.5 Å². The molecule has 1 rings (SSSR count). The molecule has 0 radical (unpaired) electrons. The van der Waals surface area contributed by atoms with Crippen molar-refractivity contribution < 1.29 is 17.5 Å². The van der Waals surface area contributed by atoms with Crippen molar-refractivity contribution in [2.24, 2.45) is 0 Å². The number of halogens is 2. The summed E-state index contributed by atoms with van der Waals surface area (Å²) in [7, 11) is -0.729. The van der Waals surface area contributed by atoms with E-state index in [1.807, 2.05) is 0 Å². The van der Waals surface area contributed by atoms with E-state index in [2.05, 4.69) is 0 Å². The second-order valence-electron chi connectivity index (χ2n) is 4.67. The molecule has 0 bridgehead atoms. The number of sulfonamides is 1. The molecule has 0 aliphatic rings. The Kier molecular flexibility index (Phi) is 5.94. The summed E-state index contributed by atoms with van der Waals surface area (Å²) >= 11 is 5.65. The molecule has 0 fully saturated rings. The standard InChI is InChI=1S/C13H19ClFNO3S/c1-9-5-12(6-11(7-14)13(9)15)20(17,18)16(3)10(2)8-19-4/h5-6,10H,7-8H2,1-4H3. The third-order valence-electron chi connectivity index (χ3n) is 3.15. The van der Waals surface area contributed by atoms with E-state index in [0.29, 0.717) is 0 Å². The molecule has 0 N–H and O–H groups in total. The van der Waals surface area contributed by atoms with Crippen molar-refractivity contribution >= 4 is 21.6 Å². The van der Waals surface area contributed by atoms with E-state index in [0.717, 1.165) is 0 Å². The predicted molar refractivity (Wildman–Crippen MR) is 77.0 cm³/mol. The molecule has 1 atom stereocenters. The molecule has 0 spiro atoms. The average molecular weight is 324 g/mol. The molecule has 0 amide bonds. The van der Waals surface area contributed by atoms with E-state index in [9.17, 15) is 12.8 Å². The van der Waals surface area contributed by atoms with Gasteiger partial charge in [-0.15, -0.1) is 11.6 Å². The average Bonchev–Trinajstić information content (AvgIpc) is 2.40. The van der Waals surface area contributed by atoms with Gasteiger partial charge in [0.1, 0.15) is 5.82 Å². The van der Waals surface area contributed by atoms with Gasteiger partial charge in [-0.3, -0.25) is 0 Å². The Balaban J connectivity index is 3.25. The van der Waals surface area contributed by atoms with Gasteiger partial charge in [-0.2, -0.15) is 4.31 Å². The zero-order chi connectivity index (χ0) is 15.5. The van der Waals surface area contributed by atoms with Crippen LogP contribution in [0.15, 0.2) is 17.0 Å². The number of methoxy groups -OCH3 is 1. The number of aryl methyl sites for hydroxylation is 1. The monoisotopic (exact) mass is 323 g/mol. The molecule has 1 aromatic carbocycles. The van der Waals surface area contributed by atoms with Crippen LogP contribution in [0.2, 0.25) is 0 Å². The lowest BCUT2D eigenvalue weighted by atomic mass is 10.1. The maximum Gasteiger partial charge on any atom is 0.243 e. The molecule has 20 heavy (non-hydrogen) atoms. The summed E-state index contributed by atoms with van der Waals surface area (Å²) in [6, 6.07) is 2.27. The van der Waals surface area contributed by atoms with E-state index < -0.39 is 15.8 Å². The van der Waals surface area contributed by atoms with E-state index in [1.54, 1.807) is 6.92 Å². The van der Waals surface area contributed by atoms with Gasteiger partial charge in [0.15, 0.2) is 0 Å². The van der Waals surface area contributed by atoms with Gasteiger partial charge in [-0.25, -0.2) is 12.8 Å². The minimum absolute atomic E-state index is 0.0394. The number of benzene rings is 1. The summed E-state index contributed by atoms with van der Waals surface area (Å²) in [4.78, 5) is 0.0394. The lowest BCUT2D eigenvalue weighted by molar-refractivity contribution is 0.149. The zero-order valence-corrected chi connectivity index (χ0v) is 13.6. The van der Waals surface area contributed by atoms with Crippen molar-refractivity contribution in [3.05, 3.63) is 29.1 Å². The minimum atomic E-state index is -3.70. The summed E-state index contributed by atoms with van der Waals surface area (Å²) in [5.74, 6) is -0.542. The van der Waals surface area contributed by atoms with Gasteiger partial charge in [0.2, 0.25) is 10.0 Å². The van der Waals surface area contributed by atoms with Gasteiger partial charge in [-0.05, 0) is 31.5 Å². The molecule has 0 saturated carbocycles. The Morgan fingerprint density at radius 2 is 2.05 bits per heavy atom. The summed E-state index contributed by atoms with van der Waals surface area (Å²) in [6.07, 6.45) is 0. The van der Waals surface area contributed by atoms with Crippen molar-refractivity contribution in [3.8, 4) is 0 Å². The Bertz CT molecular complexity index is 577. The van der Waals surface area contributed by atoms with Crippen LogP contribution in [0.5, 0.6) is 0 Å². The lowest BCUT2D eigenvalue weighted by Crippen LogP contribution is -2.37. The Hall–Kier alpha value is -0.690. The van der Waals surface area contributed by atoms with Gasteiger partial charge < -0.3 is 4.74 Å². The molecule has 0 aliphatic heterocycles. The fraction of sp³-hybridized carbons (Fsp3) is 0.538. The molecule has 0 heterocycles. The van der Waals surface area contributed by atoms with Crippen molar-refractivity contribution in [1.82, 2.24) is 4.31 Å². The smallest absolute Gasteiger partial charge is 0.243 e. The van der Waals surface area contributed by atoms with E-state index in [4.69, 9.17) is 16.3 Å². The molecule has 0 aliphatic carbocycles. The van der Waals surface area contributed by atoms with Crippen LogP contribution < -0.4 is 0 Å². The third kappa shape index (κ3) is 3.49. The largest absolute Gasteiger partial charge is 0.383 e. The quantitative estimate of drug-likeness (QED) is 0.756. The van der Waals surface area contributed by atoms with Crippen molar-refractivity contribution in [3.63, 3.8) is 0 Å². The fourth-order valence-electron chi connectivity index (χ4n) is 1.80. The molecular weight excluding hydrogens is 305 g/mol. The molecular formula is C13H19ClFNO3S. The minimum Gasteiger partial charge on any atom is -0.383 e. The van der Waals surface area contributed by atoms with Crippen LogP contribution in [0.3, 0.4) is 0 Å². The van der Waals surface area contributed by atoms with Gasteiger partial charge in [0.25, 0.3) is 0 Å². The topological polar surface area (TPSA) is 46.6 Å². The highest BCUT2D eigenvalue weighted by atomic mass is 35.5. The number of nitrogens with zero attached hydrogens (tertiary/aromatic N) is 1. The first-order valence-electron chi connectivity index (χ1n) is 6.07. The summed E-state index contributed by atoms with van der Waals surface area (Å²) in [5.41, 5.74) is 0.438. The Labute approximate surface area is 124 Å². The molecule has 0 aromatic heterocycles. The number of ether oxygens (including phenoxy) is 1. The zero-order valence-electron chi connectivity index (χ0n) is 12.0. The van der Waals surface area contributed by atoms with Crippen molar-refractivity contribution in [2.45, 2.75) is 30.7 Å². The van der Waals surface area contributed by atoms with Crippen molar-refractivity contribution in [2.75, 3.05) is 20.8 Å². The SMILES string of the molecule is COCC(C)N(C)S(=O)(=O)c1cc(C)c(F)c(CCl)c1. The van der Waals surface area contributed by atoms with E-state index >= 15 is 0 Å². The van der Waals surface area contributed by atoms with Gasteiger partial charge >= 0.3 is 0 Å². The van der Waals surface area contributed by atoms with Gasteiger partial charge in [0, 0.05) is 25.8 Å². The Morgan fingerprint density at radius 1 is 1.45 bits per heavy atom. The van der Waals surface area contributed by atoms with Crippen LogP contribution in [-0.2, 0) is 20.6 Å². The van der Waals surface area contributed by atoms with Crippen LogP contribution in [0, 0.1) is 12.7 Å². The first kappa shape index (κ1) is 17.4. The summed E-state index contributed by atoms with van der Waals surface area (Å²) in [6.45, 7) is 3.53. The second-order valence-corrected chi connectivity index (χ2v) is 6.94. The van der Waals surface area contributed by atoms with E-state index in [-0.39, 0.29) is 34.6 Å². The maximum atomic E-state index is 13.7. The van der Waals surface area contributed by atoms with Crippen LogP contribution in [-0.4, -0.2) is 39.5 Å². The molecule has 7 heteroatoms. The predicted octanol–water partition coefficient (Wildman–Crippen LogP) is 2.53. The number of hydrogen-bond acceptors (Lipinski definition) is 3. The summed E-state index contributed by atoms with van der Waals surface area (Å²) < 4.78 is 44.9. The summed E-state index contributed by atoms with van der Waals surface area (Å²) in [5, 5.41) is 0. The van der Waals surface area contributed by atoms with Crippen LogP contribution in [0.1, 0.15) is 18.1 Å². The molecule has 1 aromatic rings. The normalized spacial score (nSPS) is 13.8. The highest BCUT2D eigenvalue weighted by Crippen LogP contribution is 2.23. The molecule has 4 nitrogen and oxygen atoms in total. The first-order valence-corrected chi connectivity index (χ1v) is 8.05. The highest BCUT2D eigenvalue weighted by Gasteiger charge is 2.26. The highest BCUT2D eigenvalue weighted by molar-refractivity contribution is 7.89. The van der Waals surface area contributed by atoms with Gasteiger partial charge in [0.05, 0.1) is 17.4 Å². The van der Waals surface area contributed by atoms with Crippen LogP contribution >= 0.6 is 11.6 Å². The number of hydrogen-bond donors (Lipinski definition) is 0.